The molecule has 0 aliphatic heterocycles. The number of benzene rings is 1. The molecule has 0 amide bonds. The molecule has 68 valence electrons. The lowest BCUT2D eigenvalue weighted by atomic mass is 10.2. The van der Waals surface area contributed by atoms with Gasteiger partial charge >= 0.3 is 0 Å². The Morgan fingerprint density at radius 3 is 2.08 bits per heavy atom. The third kappa shape index (κ3) is 2.95. The molecule has 0 saturated heterocycles. The van der Waals surface area contributed by atoms with Gasteiger partial charge in [0.2, 0.25) is 0 Å². The van der Waals surface area contributed by atoms with Crippen molar-refractivity contribution in [1.29, 1.82) is 0 Å². The molecule has 0 unspecified atom stereocenters. The first-order valence-corrected chi connectivity index (χ1v) is 3.55. The van der Waals surface area contributed by atoms with Gasteiger partial charge < -0.3 is 0 Å². The molecular formula is C9H11F3. The van der Waals surface area contributed by atoms with E-state index in [9.17, 15) is 13.2 Å². The van der Waals surface area contributed by atoms with Crippen molar-refractivity contribution in [1.82, 2.24) is 0 Å². The number of hydrogen-bond acceptors (Lipinski definition) is 0. The van der Waals surface area contributed by atoms with E-state index < -0.39 is 11.6 Å². The van der Waals surface area contributed by atoms with Crippen molar-refractivity contribution in [3.8, 4) is 0 Å². The van der Waals surface area contributed by atoms with Gasteiger partial charge in [0, 0.05) is 0 Å². The van der Waals surface area contributed by atoms with E-state index in [0.29, 0.717) is 7.18 Å². The van der Waals surface area contributed by atoms with E-state index in [2.05, 4.69) is 0 Å². The van der Waals surface area contributed by atoms with Gasteiger partial charge in [-0.2, -0.15) is 0 Å². The van der Waals surface area contributed by atoms with Crippen LogP contribution in [0.3, 0.4) is 0 Å². The summed E-state index contributed by atoms with van der Waals surface area (Å²) >= 11 is 0. The summed E-state index contributed by atoms with van der Waals surface area (Å²) in [5, 5.41) is 0. The van der Waals surface area contributed by atoms with Crippen LogP contribution in [0.2, 0.25) is 0 Å². The molecule has 1 aromatic rings. The van der Waals surface area contributed by atoms with Crippen LogP contribution in [-0.2, 0) is 6.42 Å². The average molecular weight is 176 g/mol. The van der Waals surface area contributed by atoms with Crippen LogP contribution in [0, 0.1) is 11.6 Å². The van der Waals surface area contributed by atoms with Crippen molar-refractivity contribution < 1.29 is 13.2 Å². The van der Waals surface area contributed by atoms with E-state index in [0.717, 1.165) is 18.1 Å². The summed E-state index contributed by atoms with van der Waals surface area (Å²) in [4.78, 5) is 0. The van der Waals surface area contributed by atoms with E-state index in [-0.39, 0.29) is 0 Å². The minimum Gasteiger partial charge on any atom is -0.255 e. The van der Waals surface area contributed by atoms with E-state index in [1.165, 1.54) is 6.07 Å². The molecule has 0 radical (unpaired) electrons. The Bertz CT molecular complexity index is 233. The highest BCUT2D eigenvalue weighted by molar-refractivity contribution is 5.17. The fourth-order valence-electron chi connectivity index (χ4n) is 0.760. The lowest BCUT2D eigenvalue weighted by Crippen LogP contribution is -1.86. The van der Waals surface area contributed by atoms with Gasteiger partial charge in [0.05, 0.1) is 7.18 Å². The maximum atomic E-state index is 12.4. The molecule has 12 heavy (non-hydrogen) atoms. The molecule has 0 spiro atoms. The molecule has 0 aliphatic rings. The second-order valence-corrected chi connectivity index (χ2v) is 2.10. The second kappa shape index (κ2) is 5.63. The van der Waals surface area contributed by atoms with Crippen LogP contribution in [0.15, 0.2) is 18.2 Å². The molecule has 0 bridgehead atoms. The SMILES string of the molecule is CCc1ccc(F)c(F)c1.CF. The zero-order valence-corrected chi connectivity index (χ0v) is 7.07. The van der Waals surface area contributed by atoms with Crippen molar-refractivity contribution in [2.45, 2.75) is 13.3 Å². The summed E-state index contributed by atoms with van der Waals surface area (Å²) in [5.74, 6) is -1.54. The molecular weight excluding hydrogens is 165 g/mol. The fraction of sp³-hybridized carbons (Fsp3) is 0.333. The van der Waals surface area contributed by atoms with E-state index in [4.69, 9.17) is 0 Å². The smallest absolute Gasteiger partial charge is 0.159 e. The van der Waals surface area contributed by atoms with Gasteiger partial charge in [-0.3, -0.25) is 4.39 Å². The number of rotatable bonds is 1. The minimum atomic E-state index is -0.780. The quantitative estimate of drug-likeness (QED) is 0.616. The zero-order chi connectivity index (χ0) is 9.56. The van der Waals surface area contributed by atoms with Gasteiger partial charge in [-0.05, 0) is 24.1 Å². The molecule has 0 aromatic heterocycles. The molecule has 0 heterocycles. The van der Waals surface area contributed by atoms with Gasteiger partial charge in [-0.15, -0.1) is 0 Å². The average Bonchev–Trinajstić information content (AvgIpc) is 2.13. The Kier molecular flexibility index (Phi) is 5.17. The Balaban J connectivity index is 0.000000561. The summed E-state index contributed by atoms with van der Waals surface area (Å²) in [5.41, 5.74) is 0.818. The summed E-state index contributed by atoms with van der Waals surface area (Å²) in [6.07, 6.45) is 0.733. The molecule has 0 aliphatic carbocycles. The third-order valence-electron chi connectivity index (χ3n) is 1.39. The van der Waals surface area contributed by atoms with Crippen molar-refractivity contribution in [2.75, 3.05) is 7.18 Å². The fourth-order valence-corrected chi connectivity index (χ4v) is 0.760. The Hall–Kier alpha value is -0.990. The van der Waals surface area contributed by atoms with Gasteiger partial charge in [0.15, 0.2) is 11.6 Å². The van der Waals surface area contributed by atoms with E-state index in [1.54, 1.807) is 6.07 Å². The lowest BCUT2D eigenvalue weighted by molar-refractivity contribution is 0.507. The normalized spacial score (nSPS) is 8.75. The summed E-state index contributed by atoms with van der Waals surface area (Å²) in [6.45, 7) is 1.90. The van der Waals surface area contributed by atoms with Crippen LogP contribution in [0.5, 0.6) is 0 Å². The Morgan fingerprint density at radius 1 is 1.08 bits per heavy atom. The standard InChI is InChI=1S/C8H8F2.CH3F/c1-2-6-3-4-7(9)8(10)5-6;1-2/h3-5H,2H2,1H3;1H3. The predicted molar refractivity (Wildman–Crippen MR) is 42.8 cm³/mol. The topological polar surface area (TPSA) is 0 Å². The van der Waals surface area contributed by atoms with Gasteiger partial charge in [0.25, 0.3) is 0 Å². The first-order chi connectivity index (χ1) is 5.74. The third-order valence-corrected chi connectivity index (χ3v) is 1.39. The van der Waals surface area contributed by atoms with E-state index >= 15 is 0 Å². The van der Waals surface area contributed by atoms with Crippen molar-refractivity contribution in [3.63, 3.8) is 0 Å². The van der Waals surface area contributed by atoms with Crippen molar-refractivity contribution >= 4 is 0 Å². The summed E-state index contributed by atoms with van der Waals surface area (Å²) < 4.78 is 34.2. The summed E-state index contributed by atoms with van der Waals surface area (Å²) in [6, 6.07) is 3.95. The van der Waals surface area contributed by atoms with Gasteiger partial charge in [0.1, 0.15) is 0 Å². The van der Waals surface area contributed by atoms with Crippen LogP contribution in [0.4, 0.5) is 13.2 Å². The Morgan fingerprint density at radius 2 is 1.67 bits per heavy atom. The lowest BCUT2D eigenvalue weighted by Gasteiger charge is -1.95. The predicted octanol–water partition coefficient (Wildman–Crippen LogP) is 3.11. The highest BCUT2D eigenvalue weighted by atomic mass is 19.2. The van der Waals surface area contributed by atoms with Crippen molar-refractivity contribution in [3.05, 3.63) is 35.4 Å². The van der Waals surface area contributed by atoms with Crippen LogP contribution in [0.25, 0.3) is 0 Å². The molecule has 1 rings (SSSR count). The highest BCUT2D eigenvalue weighted by Gasteiger charge is 1.99. The molecule has 1 aromatic carbocycles. The molecule has 0 atom stereocenters. The minimum absolute atomic E-state index is 0.500. The highest BCUT2D eigenvalue weighted by Crippen LogP contribution is 2.08. The summed E-state index contributed by atoms with van der Waals surface area (Å²) in [7, 11) is 0.500. The Labute approximate surface area is 70.0 Å². The zero-order valence-electron chi connectivity index (χ0n) is 7.07. The molecule has 0 nitrogen and oxygen atoms in total. The molecule has 0 saturated carbocycles. The van der Waals surface area contributed by atoms with Crippen LogP contribution >= 0.6 is 0 Å². The van der Waals surface area contributed by atoms with Gasteiger partial charge in [-0.1, -0.05) is 13.0 Å². The van der Waals surface area contributed by atoms with Crippen molar-refractivity contribution in [2.24, 2.45) is 0 Å². The maximum absolute atomic E-state index is 12.4. The van der Waals surface area contributed by atoms with Crippen LogP contribution in [0.1, 0.15) is 12.5 Å². The number of halogens is 3. The first kappa shape index (κ1) is 11.0. The van der Waals surface area contributed by atoms with Crippen LogP contribution in [-0.4, -0.2) is 7.18 Å². The number of hydrogen-bond donors (Lipinski definition) is 0. The molecule has 3 heteroatoms. The second-order valence-electron chi connectivity index (χ2n) is 2.10. The van der Waals surface area contributed by atoms with Gasteiger partial charge in [-0.25, -0.2) is 8.78 Å². The maximum Gasteiger partial charge on any atom is 0.159 e. The number of alkyl halides is 1. The van der Waals surface area contributed by atoms with Crippen LogP contribution < -0.4 is 0 Å². The number of aryl methyl sites for hydroxylation is 1. The first-order valence-electron chi connectivity index (χ1n) is 3.55. The van der Waals surface area contributed by atoms with E-state index in [1.807, 2.05) is 6.92 Å². The largest absolute Gasteiger partial charge is 0.255 e. The monoisotopic (exact) mass is 176 g/mol. The molecule has 0 N–H and O–H groups in total. The molecule has 0 fully saturated rings.